The number of hydrogen-bond acceptors (Lipinski definition) is 4. The average molecular weight is 360 g/mol. The molecular formula is C20H28N2O4. The lowest BCUT2D eigenvalue weighted by Crippen LogP contribution is -2.54. The summed E-state index contributed by atoms with van der Waals surface area (Å²) in [5.41, 5.74) is 1.71. The van der Waals surface area contributed by atoms with Gasteiger partial charge in [-0.25, -0.2) is 4.79 Å². The molecule has 0 spiro atoms. The van der Waals surface area contributed by atoms with E-state index in [0.29, 0.717) is 12.8 Å². The number of alkyl carbamates (subject to hydrolysis) is 1. The summed E-state index contributed by atoms with van der Waals surface area (Å²) in [4.78, 5) is 36.5. The summed E-state index contributed by atoms with van der Waals surface area (Å²) in [5, 5.41) is 5.40. The molecule has 0 fully saturated rings. The molecular weight excluding hydrogens is 332 g/mol. The second kappa shape index (κ2) is 7.89. The monoisotopic (exact) mass is 360 g/mol. The SMILES string of the molecule is CC(=O)[C@H](C)NC(=O)[C@H](NC(=O)OC(C)(C)C)C1Cc2ccccc2C1. The Labute approximate surface area is 154 Å². The Hall–Kier alpha value is -2.37. The highest BCUT2D eigenvalue weighted by molar-refractivity contribution is 5.91. The molecule has 2 N–H and O–H groups in total. The zero-order valence-electron chi connectivity index (χ0n) is 16.1. The molecule has 1 aromatic rings. The molecule has 6 heteroatoms. The van der Waals surface area contributed by atoms with Gasteiger partial charge in [0.25, 0.3) is 0 Å². The highest BCUT2D eigenvalue weighted by Gasteiger charge is 2.36. The Balaban J connectivity index is 2.15. The molecule has 0 heterocycles. The summed E-state index contributed by atoms with van der Waals surface area (Å²) in [7, 11) is 0. The number of Topliss-reactive ketones (excluding diaryl/α,β-unsaturated/α-hetero) is 1. The number of amides is 2. The number of benzene rings is 1. The van der Waals surface area contributed by atoms with E-state index < -0.39 is 23.8 Å². The molecule has 0 bridgehead atoms. The van der Waals surface area contributed by atoms with Crippen LogP contribution in [0, 0.1) is 5.92 Å². The molecule has 2 rings (SSSR count). The number of hydrogen-bond donors (Lipinski definition) is 2. The molecule has 0 unspecified atom stereocenters. The fraction of sp³-hybridized carbons (Fsp3) is 0.550. The second-order valence-electron chi connectivity index (χ2n) is 7.90. The predicted molar refractivity (Wildman–Crippen MR) is 98.8 cm³/mol. The van der Waals surface area contributed by atoms with Gasteiger partial charge in [-0.05, 0) is 64.5 Å². The third-order valence-electron chi connectivity index (χ3n) is 4.48. The molecule has 1 aromatic carbocycles. The molecule has 6 nitrogen and oxygen atoms in total. The molecule has 26 heavy (non-hydrogen) atoms. The van der Waals surface area contributed by atoms with Gasteiger partial charge in [0.05, 0.1) is 6.04 Å². The summed E-state index contributed by atoms with van der Waals surface area (Å²) < 4.78 is 5.31. The molecule has 0 radical (unpaired) electrons. The van der Waals surface area contributed by atoms with E-state index in [0.717, 1.165) is 0 Å². The maximum absolute atomic E-state index is 12.8. The highest BCUT2D eigenvalue weighted by Crippen LogP contribution is 2.29. The minimum atomic E-state index is -0.765. The average Bonchev–Trinajstić information content (AvgIpc) is 2.94. The zero-order valence-corrected chi connectivity index (χ0v) is 16.1. The van der Waals surface area contributed by atoms with Gasteiger partial charge < -0.3 is 15.4 Å². The van der Waals surface area contributed by atoms with Crippen LogP contribution < -0.4 is 10.6 Å². The standard InChI is InChI=1S/C20H28N2O4/c1-12(13(2)23)21-18(24)17(22-19(25)26-20(3,4)5)16-10-14-8-6-7-9-15(14)11-16/h6-9,12,16-17H,10-11H2,1-5H3,(H,21,24)(H,22,25)/t12-,17+/m0/s1. The quantitative estimate of drug-likeness (QED) is 0.844. The lowest BCUT2D eigenvalue weighted by molar-refractivity contribution is -0.128. The lowest BCUT2D eigenvalue weighted by atomic mass is 9.95. The van der Waals surface area contributed by atoms with Crippen molar-refractivity contribution in [2.45, 2.75) is 65.1 Å². The minimum Gasteiger partial charge on any atom is -0.444 e. The summed E-state index contributed by atoms with van der Waals surface area (Å²) >= 11 is 0. The molecule has 0 aliphatic heterocycles. The van der Waals surface area contributed by atoms with Crippen molar-refractivity contribution in [1.29, 1.82) is 0 Å². The smallest absolute Gasteiger partial charge is 0.408 e. The van der Waals surface area contributed by atoms with E-state index in [1.807, 2.05) is 24.3 Å². The largest absolute Gasteiger partial charge is 0.444 e. The molecule has 2 amide bonds. The topological polar surface area (TPSA) is 84.5 Å². The van der Waals surface area contributed by atoms with E-state index in [9.17, 15) is 14.4 Å². The van der Waals surface area contributed by atoms with Crippen molar-refractivity contribution in [2.24, 2.45) is 5.92 Å². The molecule has 0 aromatic heterocycles. The molecule has 1 aliphatic rings. The van der Waals surface area contributed by atoms with Crippen molar-refractivity contribution in [3.8, 4) is 0 Å². The van der Waals surface area contributed by atoms with Crippen LogP contribution in [-0.4, -0.2) is 35.5 Å². The van der Waals surface area contributed by atoms with Crippen molar-refractivity contribution in [3.63, 3.8) is 0 Å². The Morgan fingerprint density at radius 2 is 1.62 bits per heavy atom. The van der Waals surface area contributed by atoms with Gasteiger partial charge >= 0.3 is 6.09 Å². The Morgan fingerprint density at radius 1 is 1.08 bits per heavy atom. The first kappa shape index (κ1) is 19.9. The van der Waals surface area contributed by atoms with Crippen LogP contribution in [0.4, 0.5) is 4.79 Å². The van der Waals surface area contributed by atoms with E-state index in [1.54, 1.807) is 27.7 Å². The molecule has 0 saturated carbocycles. The summed E-state index contributed by atoms with van der Waals surface area (Å²) in [5.74, 6) is -0.584. The van der Waals surface area contributed by atoms with Crippen molar-refractivity contribution in [1.82, 2.24) is 10.6 Å². The van der Waals surface area contributed by atoms with Crippen molar-refractivity contribution >= 4 is 17.8 Å². The third-order valence-corrected chi connectivity index (χ3v) is 4.48. The van der Waals surface area contributed by atoms with E-state index in [1.165, 1.54) is 18.1 Å². The first-order valence-electron chi connectivity index (χ1n) is 8.94. The van der Waals surface area contributed by atoms with Crippen LogP contribution in [-0.2, 0) is 27.2 Å². The van der Waals surface area contributed by atoms with Crippen LogP contribution in [0.25, 0.3) is 0 Å². The third kappa shape index (κ3) is 5.31. The van der Waals surface area contributed by atoms with Gasteiger partial charge in [0, 0.05) is 0 Å². The van der Waals surface area contributed by atoms with Crippen molar-refractivity contribution < 1.29 is 19.1 Å². The maximum Gasteiger partial charge on any atom is 0.408 e. The Bertz CT molecular complexity index is 668. The maximum atomic E-state index is 12.8. The molecule has 0 saturated heterocycles. The number of ether oxygens (including phenoxy) is 1. The summed E-state index contributed by atoms with van der Waals surface area (Å²) in [6.45, 7) is 8.36. The number of fused-ring (bicyclic) bond motifs is 1. The normalized spacial score (nSPS) is 16.3. The number of carbonyl (C=O) groups is 3. The van der Waals surface area contributed by atoms with Gasteiger partial charge in [-0.15, -0.1) is 0 Å². The van der Waals surface area contributed by atoms with E-state index in [4.69, 9.17) is 4.74 Å². The fourth-order valence-electron chi connectivity index (χ4n) is 3.07. The first-order chi connectivity index (χ1) is 12.1. The Kier molecular flexibility index (Phi) is 6.05. The van der Waals surface area contributed by atoms with Crippen molar-refractivity contribution in [2.75, 3.05) is 0 Å². The van der Waals surface area contributed by atoms with Gasteiger partial charge in [0.15, 0.2) is 5.78 Å². The molecule has 1 aliphatic carbocycles. The van der Waals surface area contributed by atoms with Gasteiger partial charge in [-0.2, -0.15) is 0 Å². The van der Waals surface area contributed by atoms with Crippen LogP contribution in [0.5, 0.6) is 0 Å². The summed E-state index contributed by atoms with van der Waals surface area (Å²) in [6.07, 6.45) is 0.751. The van der Waals surface area contributed by atoms with Gasteiger partial charge in [-0.1, -0.05) is 24.3 Å². The van der Waals surface area contributed by atoms with E-state index >= 15 is 0 Å². The van der Waals surface area contributed by atoms with Gasteiger partial charge in [-0.3, -0.25) is 9.59 Å². The van der Waals surface area contributed by atoms with Crippen LogP contribution in [0.3, 0.4) is 0 Å². The minimum absolute atomic E-state index is 0.0842. The van der Waals surface area contributed by atoms with Crippen LogP contribution in [0.15, 0.2) is 24.3 Å². The summed E-state index contributed by atoms with van der Waals surface area (Å²) in [6, 6.07) is 6.64. The fourth-order valence-corrected chi connectivity index (χ4v) is 3.07. The predicted octanol–water partition coefficient (Wildman–Crippen LogP) is 2.39. The highest BCUT2D eigenvalue weighted by atomic mass is 16.6. The van der Waals surface area contributed by atoms with Crippen LogP contribution in [0.2, 0.25) is 0 Å². The first-order valence-corrected chi connectivity index (χ1v) is 8.94. The number of ketones is 1. The van der Waals surface area contributed by atoms with Crippen molar-refractivity contribution in [3.05, 3.63) is 35.4 Å². The Morgan fingerprint density at radius 3 is 2.08 bits per heavy atom. The van der Waals surface area contributed by atoms with Crippen LogP contribution in [0.1, 0.15) is 45.7 Å². The lowest BCUT2D eigenvalue weighted by Gasteiger charge is -2.27. The van der Waals surface area contributed by atoms with E-state index in [2.05, 4.69) is 10.6 Å². The molecule has 142 valence electrons. The number of rotatable bonds is 5. The van der Waals surface area contributed by atoms with Gasteiger partial charge in [0.1, 0.15) is 11.6 Å². The second-order valence-corrected chi connectivity index (χ2v) is 7.90. The number of carbonyl (C=O) groups excluding carboxylic acids is 3. The molecule has 2 atom stereocenters. The zero-order chi connectivity index (χ0) is 19.5. The van der Waals surface area contributed by atoms with Crippen LogP contribution >= 0.6 is 0 Å². The van der Waals surface area contributed by atoms with Gasteiger partial charge in [0.2, 0.25) is 5.91 Å². The van der Waals surface area contributed by atoms with E-state index in [-0.39, 0.29) is 17.6 Å². The number of nitrogens with one attached hydrogen (secondary N) is 2.